The Kier molecular flexibility index (Phi) is 5.53. The Morgan fingerprint density at radius 2 is 1.94 bits per heavy atom. The average Bonchev–Trinajstić information content (AvgIpc) is 2.26. The number of thiocarbonyl (C=S) groups is 1. The molecule has 0 saturated carbocycles. The van der Waals surface area contributed by atoms with Crippen molar-refractivity contribution in [2.45, 2.75) is 39.7 Å². The monoisotopic (exact) mass is 273 g/mol. The molecule has 1 rings (SSSR count). The van der Waals surface area contributed by atoms with Gasteiger partial charge in [0, 0.05) is 19.0 Å². The van der Waals surface area contributed by atoms with Crippen LogP contribution in [0.25, 0.3) is 0 Å². The molecular formula is C13H23NO3S. The van der Waals surface area contributed by atoms with Gasteiger partial charge in [0.25, 0.3) is 0 Å². The van der Waals surface area contributed by atoms with Crippen molar-refractivity contribution in [3.63, 3.8) is 0 Å². The van der Waals surface area contributed by atoms with E-state index in [2.05, 4.69) is 4.90 Å². The van der Waals surface area contributed by atoms with Crippen LogP contribution in [0, 0.1) is 5.92 Å². The third-order valence-electron chi connectivity index (χ3n) is 2.64. The number of hydrogen-bond donors (Lipinski definition) is 0. The van der Waals surface area contributed by atoms with E-state index in [1.807, 2.05) is 27.7 Å². The number of hydrogen-bond acceptors (Lipinski definition) is 4. The predicted molar refractivity (Wildman–Crippen MR) is 74.6 cm³/mol. The van der Waals surface area contributed by atoms with Crippen LogP contribution in [-0.2, 0) is 14.3 Å². The molecule has 1 aliphatic rings. The lowest BCUT2D eigenvalue weighted by atomic mass is 10.1. The maximum atomic E-state index is 11.7. The Labute approximate surface area is 115 Å². The van der Waals surface area contributed by atoms with Crippen molar-refractivity contribution in [3.8, 4) is 0 Å². The molecule has 104 valence electrons. The summed E-state index contributed by atoms with van der Waals surface area (Å²) in [5.74, 6) is -0.154. The second-order valence-electron chi connectivity index (χ2n) is 5.63. The highest BCUT2D eigenvalue weighted by Gasteiger charge is 2.23. The normalized spacial score (nSPS) is 18.3. The van der Waals surface area contributed by atoms with Gasteiger partial charge < -0.3 is 14.4 Å². The van der Waals surface area contributed by atoms with E-state index in [1.54, 1.807) is 0 Å². The molecule has 1 unspecified atom stereocenters. The summed E-state index contributed by atoms with van der Waals surface area (Å²) in [6.45, 7) is 10.6. The molecule has 5 heteroatoms. The molecule has 1 saturated heterocycles. The van der Waals surface area contributed by atoms with E-state index >= 15 is 0 Å². The molecule has 0 spiro atoms. The van der Waals surface area contributed by atoms with Crippen molar-refractivity contribution in [2.75, 3.05) is 26.3 Å². The first-order chi connectivity index (χ1) is 8.29. The fourth-order valence-corrected chi connectivity index (χ4v) is 2.08. The van der Waals surface area contributed by atoms with Crippen LogP contribution in [0.2, 0.25) is 0 Å². The largest absolute Gasteiger partial charge is 0.460 e. The Morgan fingerprint density at radius 3 is 2.44 bits per heavy atom. The van der Waals surface area contributed by atoms with Crippen molar-refractivity contribution in [3.05, 3.63) is 0 Å². The molecule has 0 amide bonds. The lowest BCUT2D eigenvalue weighted by Gasteiger charge is -2.32. The molecule has 1 heterocycles. The van der Waals surface area contributed by atoms with E-state index in [9.17, 15) is 4.79 Å². The summed E-state index contributed by atoms with van der Waals surface area (Å²) < 4.78 is 10.6. The van der Waals surface area contributed by atoms with Crippen LogP contribution in [-0.4, -0.2) is 47.8 Å². The quantitative estimate of drug-likeness (QED) is 0.581. The highest BCUT2D eigenvalue weighted by molar-refractivity contribution is 7.80. The van der Waals surface area contributed by atoms with Gasteiger partial charge in [-0.3, -0.25) is 4.79 Å². The highest BCUT2D eigenvalue weighted by Crippen LogP contribution is 2.15. The maximum absolute atomic E-state index is 11.7. The van der Waals surface area contributed by atoms with Crippen LogP contribution in [0.15, 0.2) is 0 Å². The highest BCUT2D eigenvalue weighted by atomic mass is 32.1. The summed E-state index contributed by atoms with van der Waals surface area (Å²) in [7, 11) is 0. The number of rotatable bonds is 3. The SMILES string of the molecule is CC(CC(=O)OC(C)(C)C)C(=S)N1CCOCC1. The number of carbonyl (C=O) groups is 1. The summed E-state index contributed by atoms with van der Waals surface area (Å²) in [6.07, 6.45) is 0.341. The fourth-order valence-electron chi connectivity index (χ4n) is 1.82. The molecule has 4 nitrogen and oxygen atoms in total. The first-order valence-corrected chi connectivity index (χ1v) is 6.79. The minimum Gasteiger partial charge on any atom is -0.460 e. The van der Waals surface area contributed by atoms with Crippen molar-refractivity contribution < 1.29 is 14.3 Å². The van der Waals surface area contributed by atoms with E-state index in [0.717, 1.165) is 18.1 Å². The maximum Gasteiger partial charge on any atom is 0.307 e. The molecule has 0 aliphatic carbocycles. The third-order valence-corrected chi connectivity index (χ3v) is 3.30. The van der Waals surface area contributed by atoms with Crippen LogP contribution >= 0.6 is 12.2 Å². The standard InChI is InChI=1S/C13H23NO3S/c1-10(9-11(15)17-13(2,3)4)12(18)14-5-7-16-8-6-14/h10H,5-9H2,1-4H3. The van der Waals surface area contributed by atoms with E-state index in [1.165, 1.54) is 0 Å². The Hall–Kier alpha value is -0.680. The molecule has 0 N–H and O–H groups in total. The zero-order chi connectivity index (χ0) is 13.8. The van der Waals surface area contributed by atoms with E-state index in [4.69, 9.17) is 21.7 Å². The topological polar surface area (TPSA) is 38.8 Å². The van der Waals surface area contributed by atoms with Gasteiger partial charge in [-0.1, -0.05) is 19.1 Å². The van der Waals surface area contributed by atoms with Gasteiger partial charge in [0.15, 0.2) is 0 Å². The number of carbonyl (C=O) groups excluding carboxylic acids is 1. The van der Waals surface area contributed by atoms with Gasteiger partial charge in [-0.25, -0.2) is 0 Å². The second kappa shape index (κ2) is 6.48. The van der Waals surface area contributed by atoms with Gasteiger partial charge in [0.2, 0.25) is 0 Å². The van der Waals surface area contributed by atoms with Crippen LogP contribution in [0.5, 0.6) is 0 Å². The van der Waals surface area contributed by atoms with Crippen LogP contribution in [0.1, 0.15) is 34.1 Å². The molecular weight excluding hydrogens is 250 g/mol. The van der Waals surface area contributed by atoms with Gasteiger partial charge >= 0.3 is 5.97 Å². The molecule has 0 bridgehead atoms. The molecule has 0 aromatic rings. The van der Waals surface area contributed by atoms with Crippen LogP contribution in [0.4, 0.5) is 0 Å². The van der Waals surface area contributed by atoms with E-state index in [-0.39, 0.29) is 11.9 Å². The number of nitrogens with zero attached hydrogens (tertiary/aromatic N) is 1. The van der Waals surface area contributed by atoms with Crippen LogP contribution < -0.4 is 0 Å². The minimum absolute atomic E-state index is 0.0351. The van der Waals surface area contributed by atoms with Gasteiger partial charge in [-0.15, -0.1) is 0 Å². The van der Waals surface area contributed by atoms with Crippen LogP contribution in [0.3, 0.4) is 0 Å². The number of esters is 1. The Bertz CT molecular complexity index is 306. The minimum atomic E-state index is -0.433. The second-order valence-corrected chi connectivity index (χ2v) is 6.05. The van der Waals surface area contributed by atoms with Gasteiger partial charge in [-0.2, -0.15) is 0 Å². The zero-order valence-electron chi connectivity index (χ0n) is 11.7. The molecule has 0 aromatic heterocycles. The van der Waals surface area contributed by atoms with E-state index in [0.29, 0.717) is 19.6 Å². The van der Waals surface area contributed by atoms with Crippen molar-refractivity contribution in [1.29, 1.82) is 0 Å². The molecule has 0 radical (unpaired) electrons. The third kappa shape index (κ3) is 5.31. The lowest BCUT2D eigenvalue weighted by molar-refractivity contribution is -0.155. The number of morpholine rings is 1. The Balaban J connectivity index is 2.41. The van der Waals surface area contributed by atoms with E-state index < -0.39 is 5.60 Å². The summed E-state index contributed by atoms with van der Waals surface area (Å²) in [4.78, 5) is 14.7. The fraction of sp³-hybridized carbons (Fsp3) is 0.846. The zero-order valence-corrected chi connectivity index (χ0v) is 12.5. The molecule has 1 fully saturated rings. The summed E-state index contributed by atoms with van der Waals surface area (Å²) in [5, 5.41) is 0. The number of ether oxygens (including phenoxy) is 2. The summed E-state index contributed by atoms with van der Waals surface area (Å²) in [6, 6.07) is 0. The predicted octanol–water partition coefficient (Wildman–Crippen LogP) is 2.01. The molecule has 18 heavy (non-hydrogen) atoms. The summed E-state index contributed by atoms with van der Waals surface area (Å²) in [5.41, 5.74) is -0.433. The van der Waals surface area contributed by atoms with Crippen molar-refractivity contribution in [2.24, 2.45) is 5.92 Å². The van der Waals surface area contributed by atoms with Gasteiger partial charge in [0.1, 0.15) is 5.60 Å². The molecule has 0 aromatic carbocycles. The van der Waals surface area contributed by atoms with Crippen molar-refractivity contribution >= 4 is 23.2 Å². The first kappa shape index (κ1) is 15.4. The average molecular weight is 273 g/mol. The molecule has 1 aliphatic heterocycles. The smallest absolute Gasteiger partial charge is 0.307 e. The molecule has 1 atom stereocenters. The first-order valence-electron chi connectivity index (χ1n) is 6.38. The summed E-state index contributed by atoms with van der Waals surface area (Å²) >= 11 is 5.42. The Morgan fingerprint density at radius 1 is 1.39 bits per heavy atom. The lowest BCUT2D eigenvalue weighted by Crippen LogP contribution is -2.42. The van der Waals surface area contributed by atoms with Gasteiger partial charge in [0.05, 0.1) is 24.6 Å². The van der Waals surface area contributed by atoms with Gasteiger partial charge in [-0.05, 0) is 20.8 Å². The van der Waals surface area contributed by atoms with Crippen molar-refractivity contribution in [1.82, 2.24) is 4.90 Å².